The van der Waals surface area contributed by atoms with Gasteiger partial charge < -0.3 is 4.74 Å². The highest BCUT2D eigenvalue weighted by molar-refractivity contribution is 5.75. The maximum absolute atomic E-state index is 11.6. The fourth-order valence-electron chi connectivity index (χ4n) is 2.14. The van der Waals surface area contributed by atoms with Crippen molar-refractivity contribution >= 4 is 11.5 Å². The standard InChI is InChI=1S/C14H17NO2/c1-2-17-14(16)13-5-3-11(4-6-13)12-7-9-15-10-8-12/h3,7-10,13H,2,4-6H2,1H3. The van der Waals surface area contributed by atoms with Crippen LogP contribution in [0.15, 0.2) is 30.6 Å². The van der Waals surface area contributed by atoms with Crippen LogP contribution in [-0.2, 0) is 9.53 Å². The Morgan fingerprint density at radius 2 is 2.24 bits per heavy atom. The van der Waals surface area contributed by atoms with Gasteiger partial charge in [-0.05, 0) is 49.5 Å². The summed E-state index contributed by atoms with van der Waals surface area (Å²) in [6.07, 6.45) is 8.36. The quantitative estimate of drug-likeness (QED) is 0.751. The summed E-state index contributed by atoms with van der Waals surface area (Å²) >= 11 is 0. The minimum atomic E-state index is -0.0578. The summed E-state index contributed by atoms with van der Waals surface area (Å²) in [6, 6.07) is 4.02. The Kier molecular flexibility index (Phi) is 3.91. The summed E-state index contributed by atoms with van der Waals surface area (Å²) in [7, 11) is 0. The molecule has 0 bridgehead atoms. The maximum atomic E-state index is 11.6. The average Bonchev–Trinajstić information content (AvgIpc) is 2.40. The van der Waals surface area contributed by atoms with Crippen LogP contribution in [0.2, 0.25) is 0 Å². The van der Waals surface area contributed by atoms with Gasteiger partial charge >= 0.3 is 5.97 Å². The number of carbonyl (C=O) groups is 1. The van der Waals surface area contributed by atoms with E-state index in [-0.39, 0.29) is 11.9 Å². The van der Waals surface area contributed by atoms with Crippen LogP contribution in [0.25, 0.3) is 5.57 Å². The normalized spacial score (nSPS) is 19.6. The summed E-state index contributed by atoms with van der Waals surface area (Å²) in [5.74, 6) is -0.0157. The molecule has 0 saturated heterocycles. The molecule has 0 aromatic carbocycles. The molecule has 0 saturated carbocycles. The second kappa shape index (κ2) is 5.62. The van der Waals surface area contributed by atoms with Gasteiger partial charge in [-0.1, -0.05) is 6.08 Å². The number of pyridine rings is 1. The number of hydrogen-bond donors (Lipinski definition) is 0. The summed E-state index contributed by atoms with van der Waals surface area (Å²) in [4.78, 5) is 15.6. The topological polar surface area (TPSA) is 39.2 Å². The number of hydrogen-bond acceptors (Lipinski definition) is 3. The van der Waals surface area contributed by atoms with Crippen LogP contribution in [0.4, 0.5) is 0 Å². The lowest BCUT2D eigenvalue weighted by atomic mass is 9.87. The van der Waals surface area contributed by atoms with Crippen LogP contribution >= 0.6 is 0 Å². The Labute approximate surface area is 102 Å². The lowest BCUT2D eigenvalue weighted by Crippen LogP contribution is -2.19. The van der Waals surface area contributed by atoms with Crippen molar-refractivity contribution in [2.75, 3.05) is 6.61 Å². The zero-order chi connectivity index (χ0) is 12.1. The van der Waals surface area contributed by atoms with Gasteiger partial charge in [0.1, 0.15) is 0 Å². The highest BCUT2D eigenvalue weighted by Crippen LogP contribution is 2.30. The van der Waals surface area contributed by atoms with Crippen molar-refractivity contribution in [3.63, 3.8) is 0 Å². The molecule has 1 atom stereocenters. The molecule has 1 aliphatic rings. The zero-order valence-corrected chi connectivity index (χ0v) is 10.1. The predicted octanol–water partition coefficient (Wildman–Crippen LogP) is 2.83. The second-order valence-corrected chi connectivity index (χ2v) is 4.19. The summed E-state index contributed by atoms with van der Waals surface area (Å²) in [5.41, 5.74) is 2.52. The molecule has 0 amide bonds. The van der Waals surface area contributed by atoms with Gasteiger partial charge in [0.2, 0.25) is 0 Å². The number of allylic oxidation sites excluding steroid dienone is 2. The van der Waals surface area contributed by atoms with Gasteiger partial charge in [-0.15, -0.1) is 0 Å². The number of esters is 1. The van der Waals surface area contributed by atoms with Crippen molar-refractivity contribution in [1.29, 1.82) is 0 Å². The zero-order valence-electron chi connectivity index (χ0n) is 10.1. The molecule has 1 unspecified atom stereocenters. The van der Waals surface area contributed by atoms with Gasteiger partial charge in [0, 0.05) is 12.4 Å². The molecule has 0 fully saturated rings. The van der Waals surface area contributed by atoms with Crippen LogP contribution in [0, 0.1) is 5.92 Å². The molecule has 0 radical (unpaired) electrons. The van der Waals surface area contributed by atoms with E-state index in [9.17, 15) is 4.79 Å². The van der Waals surface area contributed by atoms with Gasteiger partial charge in [-0.2, -0.15) is 0 Å². The Morgan fingerprint density at radius 1 is 1.47 bits per heavy atom. The molecule has 90 valence electrons. The molecule has 1 aliphatic carbocycles. The van der Waals surface area contributed by atoms with Crippen LogP contribution in [0.3, 0.4) is 0 Å². The predicted molar refractivity (Wildman–Crippen MR) is 66.2 cm³/mol. The van der Waals surface area contributed by atoms with E-state index in [1.807, 2.05) is 19.1 Å². The average molecular weight is 231 g/mol. The van der Waals surface area contributed by atoms with Crippen molar-refractivity contribution in [2.24, 2.45) is 5.92 Å². The van der Waals surface area contributed by atoms with Crippen LogP contribution < -0.4 is 0 Å². The molecule has 0 aliphatic heterocycles. The molecular weight excluding hydrogens is 214 g/mol. The van der Waals surface area contributed by atoms with E-state index in [2.05, 4.69) is 11.1 Å². The van der Waals surface area contributed by atoms with Crippen molar-refractivity contribution in [3.05, 3.63) is 36.2 Å². The first-order chi connectivity index (χ1) is 8.31. The fourth-order valence-corrected chi connectivity index (χ4v) is 2.14. The SMILES string of the molecule is CCOC(=O)C1CC=C(c2ccncc2)CC1. The second-order valence-electron chi connectivity index (χ2n) is 4.19. The Bertz CT molecular complexity index is 411. The van der Waals surface area contributed by atoms with Crippen LogP contribution in [0.1, 0.15) is 31.7 Å². The minimum absolute atomic E-state index is 0.0422. The van der Waals surface area contributed by atoms with Crippen molar-refractivity contribution in [2.45, 2.75) is 26.2 Å². The Balaban J connectivity index is 2.00. The molecule has 3 heteroatoms. The largest absolute Gasteiger partial charge is 0.466 e. The lowest BCUT2D eigenvalue weighted by Gasteiger charge is -2.20. The number of carbonyl (C=O) groups excluding carboxylic acids is 1. The first-order valence-electron chi connectivity index (χ1n) is 6.07. The van der Waals surface area contributed by atoms with E-state index >= 15 is 0 Å². The van der Waals surface area contributed by atoms with Crippen molar-refractivity contribution < 1.29 is 9.53 Å². The number of aromatic nitrogens is 1. The third-order valence-electron chi connectivity index (χ3n) is 3.08. The van der Waals surface area contributed by atoms with Gasteiger partial charge in [0.05, 0.1) is 12.5 Å². The Hall–Kier alpha value is -1.64. The summed E-state index contributed by atoms with van der Waals surface area (Å²) in [5, 5.41) is 0. The molecule has 1 heterocycles. The monoisotopic (exact) mass is 231 g/mol. The smallest absolute Gasteiger partial charge is 0.309 e. The summed E-state index contributed by atoms with van der Waals surface area (Å²) < 4.78 is 5.04. The van der Waals surface area contributed by atoms with E-state index in [1.165, 1.54) is 11.1 Å². The van der Waals surface area contributed by atoms with E-state index < -0.39 is 0 Å². The van der Waals surface area contributed by atoms with E-state index in [0.29, 0.717) is 6.61 Å². The summed E-state index contributed by atoms with van der Waals surface area (Å²) in [6.45, 7) is 2.31. The molecule has 2 rings (SSSR count). The minimum Gasteiger partial charge on any atom is -0.466 e. The molecule has 17 heavy (non-hydrogen) atoms. The highest BCUT2D eigenvalue weighted by atomic mass is 16.5. The Morgan fingerprint density at radius 3 is 2.82 bits per heavy atom. The van der Waals surface area contributed by atoms with Crippen LogP contribution in [0.5, 0.6) is 0 Å². The van der Waals surface area contributed by atoms with Gasteiger partial charge in [-0.25, -0.2) is 0 Å². The third kappa shape index (κ3) is 2.93. The molecule has 3 nitrogen and oxygen atoms in total. The highest BCUT2D eigenvalue weighted by Gasteiger charge is 2.22. The molecule has 0 N–H and O–H groups in total. The number of ether oxygens (including phenoxy) is 1. The van der Waals surface area contributed by atoms with Gasteiger partial charge in [0.25, 0.3) is 0 Å². The fraction of sp³-hybridized carbons (Fsp3) is 0.429. The molecule has 0 spiro atoms. The van der Waals surface area contributed by atoms with E-state index in [1.54, 1.807) is 12.4 Å². The maximum Gasteiger partial charge on any atom is 0.309 e. The van der Waals surface area contributed by atoms with E-state index in [4.69, 9.17) is 4.74 Å². The van der Waals surface area contributed by atoms with E-state index in [0.717, 1.165) is 19.3 Å². The van der Waals surface area contributed by atoms with Crippen molar-refractivity contribution in [3.8, 4) is 0 Å². The third-order valence-corrected chi connectivity index (χ3v) is 3.08. The molecule has 1 aromatic rings. The lowest BCUT2D eigenvalue weighted by molar-refractivity contribution is -0.148. The van der Waals surface area contributed by atoms with Gasteiger partial charge in [-0.3, -0.25) is 9.78 Å². The number of rotatable bonds is 3. The number of nitrogens with zero attached hydrogens (tertiary/aromatic N) is 1. The van der Waals surface area contributed by atoms with Gasteiger partial charge in [0.15, 0.2) is 0 Å². The molecule has 1 aromatic heterocycles. The van der Waals surface area contributed by atoms with Crippen LogP contribution in [-0.4, -0.2) is 17.6 Å². The van der Waals surface area contributed by atoms with Crippen molar-refractivity contribution in [1.82, 2.24) is 4.98 Å². The first kappa shape index (κ1) is 11.8. The first-order valence-corrected chi connectivity index (χ1v) is 6.07. The molecular formula is C14H17NO2.